The fourth-order valence-electron chi connectivity index (χ4n) is 1.23. The molecule has 0 aliphatic carbocycles. The van der Waals surface area contributed by atoms with E-state index in [1.807, 2.05) is 11.6 Å². The maximum Gasteiger partial charge on any atom is 0.174 e. The van der Waals surface area contributed by atoms with Crippen LogP contribution in [0.5, 0.6) is 0 Å². The van der Waals surface area contributed by atoms with Crippen LogP contribution in [0.15, 0.2) is 33.1 Å². The monoisotopic (exact) mass is 333 g/mol. The van der Waals surface area contributed by atoms with Crippen molar-refractivity contribution in [2.45, 2.75) is 16.8 Å². The number of rotatable bonds is 3. The number of halogens is 2. The molecule has 0 unspecified atom stereocenters. The number of aliphatic hydroxyl groups is 1. The Bertz CT molecular complexity index is 546. The molecule has 2 heterocycles. The quantitative estimate of drug-likeness (QED) is 0.938. The Balaban J connectivity index is 2.28. The summed E-state index contributed by atoms with van der Waals surface area (Å²) in [5.41, 5.74) is 0.762. The van der Waals surface area contributed by atoms with Gasteiger partial charge in [-0.2, -0.15) is 0 Å². The van der Waals surface area contributed by atoms with Crippen molar-refractivity contribution < 1.29 is 5.11 Å². The van der Waals surface area contributed by atoms with Crippen LogP contribution in [0, 0.1) is 0 Å². The molecule has 0 bridgehead atoms. The minimum absolute atomic E-state index is 0.0285. The van der Waals surface area contributed by atoms with Crippen molar-refractivity contribution in [2.75, 3.05) is 0 Å². The maximum atomic E-state index is 9.08. The lowest BCUT2D eigenvalue weighted by atomic mass is 10.5. The highest BCUT2D eigenvalue weighted by molar-refractivity contribution is 9.10. The van der Waals surface area contributed by atoms with Crippen LogP contribution in [0.1, 0.15) is 5.69 Å². The third-order valence-electron chi connectivity index (χ3n) is 2.17. The zero-order valence-corrected chi connectivity index (χ0v) is 12.1. The molecule has 90 valence electrons. The summed E-state index contributed by atoms with van der Waals surface area (Å²) < 4.78 is 2.65. The van der Waals surface area contributed by atoms with Gasteiger partial charge in [0.05, 0.1) is 28.0 Å². The molecule has 0 spiro atoms. The lowest BCUT2D eigenvalue weighted by Gasteiger charge is -2.05. The summed E-state index contributed by atoms with van der Waals surface area (Å²) >= 11 is 10.6. The molecule has 0 saturated heterocycles. The minimum Gasteiger partial charge on any atom is -0.390 e. The van der Waals surface area contributed by atoms with Crippen molar-refractivity contribution in [3.8, 4) is 0 Å². The molecule has 0 fully saturated rings. The van der Waals surface area contributed by atoms with Gasteiger partial charge < -0.3 is 9.67 Å². The third-order valence-corrected chi connectivity index (χ3v) is 4.32. The highest BCUT2D eigenvalue weighted by Crippen LogP contribution is 2.32. The average Bonchev–Trinajstić information content (AvgIpc) is 2.64. The number of aliphatic hydroxyl groups excluding tert-OH is 1. The normalized spacial score (nSPS) is 10.8. The fraction of sp³-hybridized carbons (Fsp3) is 0.200. The van der Waals surface area contributed by atoms with E-state index in [0.29, 0.717) is 5.02 Å². The second kappa shape index (κ2) is 5.39. The Labute approximate surface area is 116 Å². The predicted molar refractivity (Wildman–Crippen MR) is 70.2 cm³/mol. The summed E-state index contributed by atoms with van der Waals surface area (Å²) in [5, 5.41) is 11.2. The lowest BCUT2D eigenvalue weighted by molar-refractivity contribution is 0.271. The van der Waals surface area contributed by atoms with E-state index in [2.05, 4.69) is 25.9 Å². The molecule has 0 saturated carbocycles. The van der Waals surface area contributed by atoms with Crippen LogP contribution in [0.25, 0.3) is 0 Å². The summed E-state index contributed by atoms with van der Waals surface area (Å²) in [5.74, 6) is 0. The molecule has 2 aromatic rings. The van der Waals surface area contributed by atoms with Gasteiger partial charge in [-0.3, -0.25) is 0 Å². The molecule has 0 amide bonds. The second-order valence-electron chi connectivity index (χ2n) is 3.29. The molecule has 4 nitrogen and oxygen atoms in total. The summed E-state index contributed by atoms with van der Waals surface area (Å²) in [4.78, 5) is 8.44. The van der Waals surface area contributed by atoms with Gasteiger partial charge in [0.1, 0.15) is 5.03 Å². The first-order valence-electron chi connectivity index (χ1n) is 4.72. The molecule has 0 atom stereocenters. The number of hydrogen-bond donors (Lipinski definition) is 1. The largest absolute Gasteiger partial charge is 0.390 e. The summed E-state index contributed by atoms with van der Waals surface area (Å²) in [6.45, 7) is -0.0285. The molecule has 0 aliphatic heterocycles. The van der Waals surface area contributed by atoms with Crippen LogP contribution in [-0.4, -0.2) is 19.6 Å². The Morgan fingerprint density at radius 1 is 1.47 bits per heavy atom. The minimum atomic E-state index is -0.0285. The van der Waals surface area contributed by atoms with Crippen molar-refractivity contribution in [3.05, 3.63) is 33.6 Å². The van der Waals surface area contributed by atoms with Gasteiger partial charge in [-0.25, -0.2) is 9.97 Å². The lowest BCUT2D eigenvalue weighted by Crippen LogP contribution is -1.97. The van der Waals surface area contributed by atoms with Crippen LogP contribution >= 0.6 is 39.3 Å². The summed E-state index contributed by atoms with van der Waals surface area (Å²) in [6, 6.07) is 1.78. The number of imidazole rings is 1. The van der Waals surface area contributed by atoms with Crippen molar-refractivity contribution in [2.24, 2.45) is 7.05 Å². The van der Waals surface area contributed by atoms with E-state index < -0.39 is 0 Å². The van der Waals surface area contributed by atoms with E-state index in [1.54, 1.807) is 18.5 Å². The van der Waals surface area contributed by atoms with Crippen LogP contribution in [0.2, 0.25) is 5.02 Å². The molecule has 0 radical (unpaired) electrons. The molecule has 7 heteroatoms. The van der Waals surface area contributed by atoms with Crippen LogP contribution < -0.4 is 0 Å². The van der Waals surface area contributed by atoms with Crippen molar-refractivity contribution in [3.63, 3.8) is 0 Å². The van der Waals surface area contributed by atoms with Crippen LogP contribution in [-0.2, 0) is 13.7 Å². The number of pyridine rings is 1. The van der Waals surface area contributed by atoms with Gasteiger partial charge in [-0.05, 0) is 33.8 Å². The van der Waals surface area contributed by atoms with Gasteiger partial charge in [0.25, 0.3) is 0 Å². The van der Waals surface area contributed by atoms with Gasteiger partial charge in [0, 0.05) is 13.2 Å². The van der Waals surface area contributed by atoms with E-state index in [4.69, 9.17) is 16.7 Å². The first kappa shape index (κ1) is 12.9. The number of aromatic nitrogens is 3. The molecular weight excluding hydrogens is 326 g/mol. The predicted octanol–water partition coefficient (Wildman–Crippen LogP) is 2.87. The van der Waals surface area contributed by atoms with Gasteiger partial charge in [-0.1, -0.05) is 11.6 Å². The first-order chi connectivity index (χ1) is 8.11. The van der Waals surface area contributed by atoms with E-state index >= 15 is 0 Å². The van der Waals surface area contributed by atoms with Crippen molar-refractivity contribution >= 4 is 39.3 Å². The highest BCUT2D eigenvalue weighted by atomic mass is 79.9. The second-order valence-corrected chi connectivity index (χ2v) is 5.54. The van der Waals surface area contributed by atoms with Gasteiger partial charge in [0.2, 0.25) is 0 Å². The van der Waals surface area contributed by atoms with Gasteiger partial charge >= 0.3 is 0 Å². The first-order valence-corrected chi connectivity index (χ1v) is 6.71. The Morgan fingerprint density at radius 2 is 2.24 bits per heavy atom. The topological polar surface area (TPSA) is 50.9 Å². The average molecular weight is 335 g/mol. The Hall–Kier alpha value is -0.560. The maximum absolute atomic E-state index is 9.08. The van der Waals surface area contributed by atoms with E-state index in [9.17, 15) is 0 Å². The smallest absolute Gasteiger partial charge is 0.174 e. The SMILES string of the molecule is Cn1c(CO)cnc1Sc1ncc(Cl)cc1Br. The number of hydrogen-bond acceptors (Lipinski definition) is 4. The van der Waals surface area contributed by atoms with Gasteiger partial charge in [-0.15, -0.1) is 0 Å². The standard InChI is InChI=1S/C10H9BrClN3OS/c1-15-7(5-16)4-14-10(15)17-9-8(11)2-6(12)3-13-9/h2-4,16H,5H2,1H3. The van der Waals surface area contributed by atoms with Crippen molar-refractivity contribution in [1.29, 1.82) is 0 Å². The van der Waals surface area contributed by atoms with Crippen LogP contribution in [0.3, 0.4) is 0 Å². The zero-order chi connectivity index (χ0) is 12.4. The molecule has 2 aromatic heterocycles. The molecule has 0 aliphatic rings. The third kappa shape index (κ3) is 2.82. The molecule has 2 rings (SSSR count). The van der Waals surface area contributed by atoms with Crippen molar-refractivity contribution in [1.82, 2.24) is 14.5 Å². The highest BCUT2D eigenvalue weighted by Gasteiger charge is 2.10. The van der Waals surface area contributed by atoms with Gasteiger partial charge in [0.15, 0.2) is 5.16 Å². The summed E-state index contributed by atoms with van der Waals surface area (Å²) in [7, 11) is 1.85. The fourth-order valence-corrected chi connectivity index (χ4v) is 2.91. The van der Waals surface area contributed by atoms with E-state index in [0.717, 1.165) is 20.3 Å². The molecule has 17 heavy (non-hydrogen) atoms. The number of nitrogens with zero attached hydrogens (tertiary/aromatic N) is 3. The van der Waals surface area contributed by atoms with Crippen LogP contribution in [0.4, 0.5) is 0 Å². The molecule has 0 aromatic carbocycles. The molecular formula is C10H9BrClN3OS. The van der Waals surface area contributed by atoms with E-state index in [1.165, 1.54) is 11.8 Å². The Morgan fingerprint density at radius 3 is 2.82 bits per heavy atom. The molecule has 1 N–H and O–H groups in total. The zero-order valence-electron chi connectivity index (χ0n) is 8.89. The summed E-state index contributed by atoms with van der Waals surface area (Å²) in [6.07, 6.45) is 3.23. The Kier molecular flexibility index (Phi) is 4.09. The van der Waals surface area contributed by atoms with E-state index in [-0.39, 0.29) is 6.61 Å².